The Balaban J connectivity index is 2.04. The zero-order valence-electron chi connectivity index (χ0n) is 11.9. The second-order valence-electron chi connectivity index (χ2n) is 4.98. The molecule has 0 amide bonds. The first-order valence-electron chi connectivity index (χ1n) is 6.46. The smallest absolute Gasteiger partial charge is 0.0540 e. The van der Waals surface area contributed by atoms with Crippen LogP contribution in [0.1, 0.15) is 35.3 Å². The highest BCUT2D eigenvalue weighted by Gasteiger charge is 2.11. The maximum absolute atomic E-state index is 5.97. The van der Waals surface area contributed by atoms with Gasteiger partial charge in [-0.05, 0) is 44.0 Å². The molecule has 0 radical (unpaired) electrons. The minimum Gasteiger partial charge on any atom is -0.306 e. The highest BCUT2D eigenvalue weighted by atomic mass is 35.5. The molecule has 0 saturated heterocycles. The molecule has 102 valence electrons. The van der Waals surface area contributed by atoms with Gasteiger partial charge in [0.15, 0.2) is 0 Å². The molecular formula is C15H20ClN3. The molecule has 4 heteroatoms. The summed E-state index contributed by atoms with van der Waals surface area (Å²) in [6.07, 6.45) is 1.93. The average Bonchev–Trinajstić information content (AvgIpc) is 2.69. The summed E-state index contributed by atoms with van der Waals surface area (Å²) in [7, 11) is 1.97. The lowest BCUT2D eigenvalue weighted by Crippen LogP contribution is -2.19. The van der Waals surface area contributed by atoms with Crippen molar-refractivity contribution >= 4 is 11.6 Å². The molecule has 2 rings (SSSR count). The molecule has 19 heavy (non-hydrogen) atoms. The summed E-state index contributed by atoms with van der Waals surface area (Å²) in [4.78, 5) is 0. The number of aryl methyl sites for hydroxylation is 2. The molecule has 1 atom stereocenters. The maximum Gasteiger partial charge on any atom is 0.0540 e. The average molecular weight is 278 g/mol. The summed E-state index contributed by atoms with van der Waals surface area (Å²) in [5.74, 6) is 0. The van der Waals surface area contributed by atoms with Gasteiger partial charge in [-0.3, -0.25) is 4.68 Å². The molecule has 0 aliphatic rings. The third-order valence-electron chi connectivity index (χ3n) is 3.64. The molecule has 1 aromatic heterocycles. The molecule has 0 aliphatic carbocycles. The van der Waals surface area contributed by atoms with Crippen LogP contribution in [0.5, 0.6) is 0 Å². The van der Waals surface area contributed by atoms with Crippen molar-refractivity contribution in [2.24, 2.45) is 7.05 Å². The van der Waals surface area contributed by atoms with Crippen molar-refractivity contribution in [2.45, 2.75) is 33.4 Å². The summed E-state index contributed by atoms with van der Waals surface area (Å²) >= 11 is 5.97. The predicted octanol–water partition coefficient (Wildman–Crippen LogP) is 3.54. The second kappa shape index (κ2) is 5.76. The number of halogens is 1. The second-order valence-corrected chi connectivity index (χ2v) is 5.42. The Bertz CT molecular complexity index is 575. The van der Waals surface area contributed by atoms with E-state index in [0.717, 1.165) is 11.6 Å². The van der Waals surface area contributed by atoms with Crippen molar-refractivity contribution in [3.05, 3.63) is 51.8 Å². The molecule has 2 aromatic rings. The summed E-state index contributed by atoms with van der Waals surface area (Å²) in [6.45, 7) is 7.17. The highest BCUT2D eigenvalue weighted by Crippen LogP contribution is 2.19. The first kappa shape index (κ1) is 14.1. The van der Waals surface area contributed by atoms with E-state index in [9.17, 15) is 0 Å². The number of rotatable bonds is 4. The molecule has 1 unspecified atom stereocenters. The van der Waals surface area contributed by atoms with Crippen molar-refractivity contribution < 1.29 is 0 Å². The van der Waals surface area contributed by atoms with Crippen LogP contribution in [0.2, 0.25) is 5.02 Å². The van der Waals surface area contributed by atoms with Gasteiger partial charge in [-0.1, -0.05) is 17.7 Å². The number of hydrogen-bond donors (Lipinski definition) is 1. The monoisotopic (exact) mass is 277 g/mol. The quantitative estimate of drug-likeness (QED) is 0.926. The molecule has 3 nitrogen and oxygen atoms in total. The largest absolute Gasteiger partial charge is 0.306 e. The fraction of sp³-hybridized carbons (Fsp3) is 0.400. The van der Waals surface area contributed by atoms with Crippen LogP contribution in [0, 0.1) is 13.8 Å². The molecule has 1 N–H and O–H groups in total. The summed E-state index contributed by atoms with van der Waals surface area (Å²) in [5.41, 5.74) is 4.94. The Kier molecular flexibility index (Phi) is 4.27. The molecule has 0 bridgehead atoms. The van der Waals surface area contributed by atoms with E-state index in [1.54, 1.807) is 0 Å². The molecule has 1 heterocycles. The van der Waals surface area contributed by atoms with Crippen LogP contribution in [0.15, 0.2) is 24.4 Å². The van der Waals surface area contributed by atoms with Gasteiger partial charge in [-0.15, -0.1) is 0 Å². The lowest BCUT2D eigenvalue weighted by molar-refractivity contribution is 0.569. The van der Waals surface area contributed by atoms with Gasteiger partial charge >= 0.3 is 0 Å². The van der Waals surface area contributed by atoms with E-state index in [0.29, 0.717) is 0 Å². The summed E-state index contributed by atoms with van der Waals surface area (Å²) < 4.78 is 1.90. The minimum absolute atomic E-state index is 0.281. The lowest BCUT2D eigenvalue weighted by Gasteiger charge is -2.15. The Morgan fingerprint density at radius 1 is 1.37 bits per heavy atom. The Morgan fingerprint density at radius 2 is 2.11 bits per heavy atom. The highest BCUT2D eigenvalue weighted by molar-refractivity contribution is 6.30. The third kappa shape index (κ3) is 3.17. The third-order valence-corrected chi connectivity index (χ3v) is 3.88. The van der Waals surface area contributed by atoms with Crippen molar-refractivity contribution in [3.63, 3.8) is 0 Å². The minimum atomic E-state index is 0.281. The van der Waals surface area contributed by atoms with Crippen LogP contribution in [0.25, 0.3) is 0 Å². The molecule has 1 aromatic carbocycles. The van der Waals surface area contributed by atoms with Crippen LogP contribution < -0.4 is 5.32 Å². The van der Waals surface area contributed by atoms with Crippen LogP contribution >= 0.6 is 11.6 Å². The van der Waals surface area contributed by atoms with Gasteiger partial charge in [0.25, 0.3) is 0 Å². The van der Waals surface area contributed by atoms with E-state index >= 15 is 0 Å². The Labute approximate surface area is 119 Å². The SMILES string of the molecule is Cc1cc(Cl)ccc1CNC(C)c1cnn(C)c1C. The summed E-state index contributed by atoms with van der Waals surface area (Å²) in [6, 6.07) is 6.29. The van der Waals surface area contributed by atoms with E-state index < -0.39 is 0 Å². The van der Waals surface area contributed by atoms with Crippen molar-refractivity contribution in [1.29, 1.82) is 0 Å². The molecule has 0 saturated carbocycles. The van der Waals surface area contributed by atoms with Crippen molar-refractivity contribution in [3.8, 4) is 0 Å². The number of hydrogen-bond acceptors (Lipinski definition) is 2. The molecule has 0 aliphatic heterocycles. The van der Waals surface area contributed by atoms with Crippen molar-refractivity contribution in [2.75, 3.05) is 0 Å². The van der Waals surface area contributed by atoms with E-state index in [2.05, 4.69) is 37.3 Å². The fourth-order valence-electron chi connectivity index (χ4n) is 2.17. The zero-order chi connectivity index (χ0) is 14.0. The van der Waals surface area contributed by atoms with Crippen LogP contribution in [-0.2, 0) is 13.6 Å². The van der Waals surface area contributed by atoms with Crippen molar-refractivity contribution in [1.82, 2.24) is 15.1 Å². The van der Waals surface area contributed by atoms with Gasteiger partial charge in [0, 0.05) is 35.9 Å². The van der Waals surface area contributed by atoms with Gasteiger partial charge in [0.05, 0.1) is 6.20 Å². The predicted molar refractivity (Wildman–Crippen MR) is 79.4 cm³/mol. The zero-order valence-corrected chi connectivity index (χ0v) is 12.6. The fourth-order valence-corrected chi connectivity index (χ4v) is 2.40. The van der Waals surface area contributed by atoms with E-state index in [1.165, 1.54) is 22.4 Å². The molecular weight excluding hydrogens is 258 g/mol. The van der Waals surface area contributed by atoms with Gasteiger partial charge in [-0.25, -0.2) is 0 Å². The maximum atomic E-state index is 5.97. The standard InChI is InChI=1S/C15H20ClN3/c1-10-7-14(16)6-5-13(10)8-17-11(2)15-9-18-19(4)12(15)3/h5-7,9,11,17H,8H2,1-4H3. The van der Waals surface area contributed by atoms with Crippen LogP contribution in [0.3, 0.4) is 0 Å². The number of aromatic nitrogens is 2. The van der Waals surface area contributed by atoms with Crippen LogP contribution in [-0.4, -0.2) is 9.78 Å². The van der Waals surface area contributed by atoms with E-state index in [4.69, 9.17) is 11.6 Å². The van der Waals surface area contributed by atoms with Gasteiger partial charge in [0.2, 0.25) is 0 Å². The first-order chi connectivity index (χ1) is 8.99. The van der Waals surface area contributed by atoms with Gasteiger partial charge < -0.3 is 5.32 Å². The number of benzene rings is 1. The lowest BCUT2D eigenvalue weighted by atomic mass is 10.1. The normalized spacial score (nSPS) is 12.7. The Hall–Kier alpha value is -1.32. The Morgan fingerprint density at radius 3 is 2.68 bits per heavy atom. The van der Waals surface area contributed by atoms with E-state index in [1.807, 2.05) is 30.1 Å². The topological polar surface area (TPSA) is 29.9 Å². The number of nitrogens with one attached hydrogen (secondary N) is 1. The van der Waals surface area contributed by atoms with Crippen LogP contribution in [0.4, 0.5) is 0 Å². The summed E-state index contributed by atoms with van der Waals surface area (Å²) in [5, 5.41) is 8.60. The van der Waals surface area contributed by atoms with Gasteiger partial charge in [-0.2, -0.15) is 5.10 Å². The van der Waals surface area contributed by atoms with Gasteiger partial charge in [0.1, 0.15) is 0 Å². The first-order valence-corrected chi connectivity index (χ1v) is 6.83. The number of nitrogens with zero attached hydrogens (tertiary/aromatic N) is 2. The molecule has 0 fully saturated rings. The van der Waals surface area contributed by atoms with E-state index in [-0.39, 0.29) is 6.04 Å². The molecule has 0 spiro atoms.